The van der Waals surface area contributed by atoms with Gasteiger partial charge in [0.25, 0.3) is 5.17 Å². The highest BCUT2D eigenvalue weighted by Crippen LogP contribution is 1.79. The van der Waals surface area contributed by atoms with Gasteiger partial charge < -0.3 is 10.1 Å². The Morgan fingerprint density at radius 3 is 3.00 bits per heavy atom. The normalized spacial score (nSPS) is 8.50. The quantitative estimate of drug-likeness (QED) is 0.496. The van der Waals surface area contributed by atoms with Gasteiger partial charge >= 0.3 is 0 Å². The third-order valence-electron chi connectivity index (χ3n) is 0.852. The lowest BCUT2D eigenvalue weighted by molar-refractivity contribution is 0.343. The third kappa shape index (κ3) is 5.56. The summed E-state index contributed by atoms with van der Waals surface area (Å²) in [6, 6.07) is 0. The molecule has 0 saturated heterocycles. The molecule has 10 heavy (non-hydrogen) atoms. The Kier molecular flexibility index (Phi) is 6.18. The van der Waals surface area contributed by atoms with E-state index in [2.05, 4.69) is 18.8 Å². The van der Waals surface area contributed by atoms with Gasteiger partial charge in [0.15, 0.2) is 0 Å². The predicted molar refractivity (Wildman–Crippen MR) is 47.0 cm³/mol. The van der Waals surface area contributed by atoms with Crippen LogP contribution in [0.3, 0.4) is 0 Å². The van der Waals surface area contributed by atoms with E-state index in [0.29, 0.717) is 11.8 Å². The van der Waals surface area contributed by atoms with Gasteiger partial charge in [0.1, 0.15) is 6.61 Å². The summed E-state index contributed by atoms with van der Waals surface area (Å²) in [4.78, 5) is 0. The third-order valence-corrected chi connectivity index (χ3v) is 1.11. The lowest BCUT2D eigenvalue weighted by atomic mass is 10.5. The van der Waals surface area contributed by atoms with Crippen molar-refractivity contribution in [2.24, 2.45) is 0 Å². The summed E-state index contributed by atoms with van der Waals surface area (Å²) < 4.78 is 5.00. The van der Waals surface area contributed by atoms with Crippen LogP contribution < -0.4 is 5.32 Å². The molecule has 0 aliphatic rings. The second-order valence-electron chi connectivity index (χ2n) is 1.81. The lowest BCUT2D eigenvalue weighted by Gasteiger charge is -2.05. The summed E-state index contributed by atoms with van der Waals surface area (Å²) >= 11 is 4.80. The molecule has 58 valence electrons. The summed E-state index contributed by atoms with van der Waals surface area (Å²) in [5, 5.41) is 3.39. The molecule has 0 saturated carbocycles. The molecular formula is C7H13NOS. The first kappa shape index (κ1) is 9.43. The van der Waals surface area contributed by atoms with Crippen LogP contribution in [0.2, 0.25) is 0 Å². The summed E-state index contributed by atoms with van der Waals surface area (Å²) in [6.07, 6.45) is 2.72. The minimum absolute atomic E-state index is 0.460. The molecule has 0 bridgehead atoms. The van der Waals surface area contributed by atoms with Crippen LogP contribution in [-0.2, 0) is 4.74 Å². The van der Waals surface area contributed by atoms with Crippen LogP contribution in [0.5, 0.6) is 0 Å². The smallest absolute Gasteiger partial charge is 0.256 e. The van der Waals surface area contributed by atoms with Crippen molar-refractivity contribution in [1.82, 2.24) is 5.32 Å². The largest absolute Gasteiger partial charge is 0.467 e. The fraction of sp³-hybridized carbons (Fsp3) is 0.571. The van der Waals surface area contributed by atoms with Gasteiger partial charge in [-0.05, 0) is 18.6 Å². The average molecular weight is 159 g/mol. The Morgan fingerprint density at radius 1 is 1.80 bits per heavy atom. The summed E-state index contributed by atoms with van der Waals surface area (Å²) in [6.45, 7) is 6.93. The molecule has 0 fully saturated rings. The number of nitrogens with one attached hydrogen (secondary N) is 1. The Bertz CT molecular complexity index is 114. The van der Waals surface area contributed by atoms with Crippen molar-refractivity contribution in [3.63, 3.8) is 0 Å². The molecule has 0 spiro atoms. The molecule has 0 amide bonds. The molecule has 3 heteroatoms. The van der Waals surface area contributed by atoms with Gasteiger partial charge in [-0.2, -0.15) is 0 Å². The molecule has 0 unspecified atom stereocenters. The highest BCUT2D eigenvalue weighted by Gasteiger charge is 1.90. The van der Waals surface area contributed by atoms with Crippen LogP contribution in [-0.4, -0.2) is 18.3 Å². The van der Waals surface area contributed by atoms with Crippen LogP contribution >= 0.6 is 12.2 Å². The van der Waals surface area contributed by atoms with E-state index in [1.54, 1.807) is 6.08 Å². The van der Waals surface area contributed by atoms with Crippen molar-refractivity contribution in [1.29, 1.82) is 0 Å². The van der Waals surface area contributed by atoms with E-state index in [0.717, 1.165) is 13.0 Å². The second kappa shape index (κ2) is 6.55. The van der Waals surface area contributed by atoms with Gasteiger partial charge in [-0.15, -0.1) is 0 Å². The standard InChI is InChI=1S/C7H13NOS/c1-3-5-8-7(10)9-6-4-2/h4H,2-3,5-6H2,1H3,(H,8,10). The molecule has 0 aliphatic heterocycles. The average Bonchev–Trinajstić information content (AvgIpc) is 1.97. The molecular weight excluding hydrogens is 146 g/mol. The zero-order chi connectivity index (χ0) is 7.82. The van der Waals surface area contributed by atoms with E-state index in [4.69, 9.17) is 17.0 Å². The van der Waals surface area contributed by atoms with E-state index in [9.17, 15) is 0 Å². The predicted octanol–water partition coefficient (Wildman–Crippen LogP) is 1.47. The number of hydrogen-bond donors (Lipinski definition) is 1. The number of thiocarbonyl (C=S) groups is 1. The first-order valence-corrected chi connectivity index (χ1v) is 3.73. The zero-order valence-corrected chi connectivity index (χ0v) is 7.04. The lowest BCUT2D eigenvalue weighted by Crippen LogP contribution is -2.24. The van der Waals surface area contributed by atoms with Crippen molar-refractivity contribution in [2.75, 3.05) is 13.2 Å². The summed E-state index contributed by atoms with van der Waals surface area (Å²) in [5.41, 5.74) is 0. The van der Waals surface area contributed by atoms with Gasteiger partial charge in [-0.1, -0.05) is 19.6 Å². The molecule has 0 rings (SSSR count). The van der Waals surface area contributed by atoms with Gasteiger partial charge in [-0.3, -0.25) is 0 Å². The molecule has 0 radical (unpaired) electrons. The van der Waals surface area contributed by atoms with Crippen molar-refractivity contribution in [3.8, 4) is 0 Å². The van der Waals surface area contributed by atoms with Gasteiger partial charge in [0.05, 0.1) is 0 Å². The Balaban J connectivity index is 3.16. The van der Waals surface area contributed by atoms with Crippen molar-refractivity contribution in [2.45, 2.75) is 13.3 Å². The maximum absolute atomic E-state index is 5.00. The summed E-state index contributed by atoms with van der Waals surface area (Å²) in [5.74, 6) is 0. The highest BCUT2D eigenvalue weighted by atomic mass is 32.1. The highest BCUT2D eigenvalue weighted by molar-refractivity contribution is 7.80. The van der Waals surface area contributed by atoms with Crippen LogP contribution in [0.15, 0.2) is 12.7 Å². The van der Waals surface area contributed by atoms with E-state index in [-0.39, 0.29) is 0 Å². The van der Waals surface area contributed by atoms with Crippen LogP contribution in [0.25, 0.3) is 0 Å². The van der Waals surface area contributed by atoms with E-state index in [1.807, 2.05) is 0 Å². The topological polar surface area (TPSA) is 21.3 Å². The molecule has 2 nitrogen and oxygen atoms in total. The molecule has 1 N–H and O–H groups in total. The fourth-order valence-electron chi connectivity index (χ4n) is 0.413. The monoisotopic (exact) mass is 159 g/mol. The van der Waals surface area contributed by atoms with E-state index < -0.39 is 0 Å². The molecule has 0 atom stereocenters. The Hall–Kier alpha value is -0.570. The minimum Gasteiger partial charge on any atom is -0.467 e. The summed E-state index contributed by atoms with van der Waals surface area (Å²) in [7, 11) is 0. The van der Waals surface area contributed by atoms with Crippen LogP contribution in [0.1, 0.15) is 13.3 Å². The number of hydrogen-bond acceptors (Lipinski definition) is 2. The number of rotatable bonds is 4. The fourth-order valence-corrected chi connectivity index (χ4v) is 0.583. The Morgan fingerprint density at radius 2 is 2.50 bits per heavy atom. The molecule has 0 aromatic rings. The maximum Gasteiger partial charge on any atom is 0.256 e. The van der Waals surface area contributed by atoms with Crippen molar-refractivity contribution >= 4 is 17.4 Å². The van der Waals surface area contributed by atoms with Crippen molar-refractivity contribution in [3.05, 3.63) is 12.7 Å². The van der Waals surface area contributed by atoms with Crippen LogP contribution in [0, 0.1) is 0 Å². The van der Waals surface area contributed by atoms with Gasteiger partial charge in [0, 0.05) is 6.54 Å². The Labute approximate surface area is 67.3 Å². The van der Waals surface area contributed by atoms with Gasteiger partial charge in [-0.25, -0.2) is 0 Å². The van der Waals surface area contributed by atoms with Gasteiger partial charge in [0.2, 0.25) is 0 Å². The van der Waals surface area contributed by atoms with E-state index in [1.165, 1.54) is 0 Å². The van der Waals surface area contributed by atoms with E-state index >= 15 is 0 Å². The SMILES string of the molecule is C=CCOC(=S)NCCC. The molecule has 0 aromatic carbocycles. The molecule has 0 aliphatic carbocycles. The minimum atomic E-state index is 0.460. The molecule has 0 heterocycles. The zero-order valence-electron chi connectivity index (χ0n) is 6.22. The maximum atomic E-state index is 5.00. The first-order chi connectivity index (χ1) is 4.81. The molecule has 0 aromatic heterocycles. The van der Waals surface area contributed by atoms with Crippen LogP contribution in [0.4, 0.5) is 0 Å². The first-order valence-electron chi connectivity index (χ1n) is 3.32. The second-order valence-corrected chi connectivity index (χ2v) is 2.18. The number of ether oxygens (including phenoxy) is 1. The van der Waals surface area contributed by atoms with Crippen molar-refractivity contribution < 1.29 is 4.74 Å².